The highest BCUT2D eigenvalue weighted by Gasteiger charge is 2.57. The van der Waals surface area contributed by atoms with Gasteiger partial charge in [-0.25, -0.2) is 14.8 Å². The fraction of sp³-hybridized carbons (Fsp3) is 0.524. The number of ether oxygens (including phenoxy) is 5. The molecule has 1 aromatic rings. The lowest BCUT2D eigenvalue weighted by Crippen LogP contribution is -2.64. The van der Waals surface area contributed by atoms with Gasteiger partial charge in [0.1, 0.15) is 24.4 Å². The summed E-state index contributed by atoms with van der Waals surface area (Å²) in [5.74, 6) is -0.506. The van der Waals surface area contributed by atoms with E-state index in [1.54, 1.807) is 26.0 Å². The number of amides is 3. The Hall–Kier alpha value is -3.02. The van der Waals surface area contributed by atoms with Crippen molar-refractivity contribution in [1.82, 2.24) is 15.3 Å². The third kappa shape index (κ3) is 2.78. The van der Waals surface area contributed by atoms with Crippen LogP contribution in [0.25, 0.3) is 5.57 Å². The molecule has 1 aliphatic carbocycles. The normalized spacial score (nSPS) is 29.0. The number of aliphatic hydroxyl groups is 1. The van der Waals surface area contributed by atoms with Gasteiger partial charge in [0.2, 0.25) is 12.5 Å². The first kappa shape index (κ1) is 20.9. The molecule has 3 aliphatic heterocycles. The molecule has 5 rings (SSSR count). The summed E-state index contributed by atoms with van der Waals surface area (Å²) in [5.41, 5.74) is 1.33. The summed E-state index contributed by atoms with van der Waals surface area (Å²) in [7, 11) is 4.39. The van der Waals surface area contributed by atoms with E-state index in [0.29, 0.717) is 22.6 Å². The van der Waals surface area contributed by atoms with Crippen LogP contribution >= 0.6 is 0 Å². The minimum absolute atomic E-state index is 0.00836. The van der Waals surface area contributed by atoms with Crippen molar-refractivity contribution >= 4 is 17.5 Å². The number of hydrazine groups is 1. The summed E-state index contributed by atoms with van der Waals surface area (Å²) in [5, 5.41) is 15.9. The SMILES string of the molecule is CNC(=O)N(C)N1C(=O)c2c(cc3c(c2OC)OCO3)C2=C[C@@H](O)[C@@H]3OC(C)(C)O[C@@H]3[C@H]21. The molecule has 4 aliphatic rings. The van der Waals surface area contributed by atoms with E-state index >= 15 is 0 Å². The van der Waals surface area contributed by atoms with Crippen LogP contribution in [0.2, 0.25) is 0 Å². The molecule has 0 unspecified atom stereocenters. The zero-order chi connectivity index (χ0) is 22.9. The predicted molar refractivity (Wildman–Crippen MR) is 109 cm³/mol. The molecule has 0 saturated carbocycles. The molecule has 0 aromatic heterocycles. The van der Waals surface area contributed by atoms with Gasteiger partial charge < -0.3 is 34.1 Å². The van der Waals surface area contributed by atoms with Gasteiger partial charge >= 0.3 is 6.03 Å². The summed E-state index contributed by atoms with van der Waals surface area (Å²) in [6.07, 6.45) is -0.795. The van der Waals surface area contributed by atoms with Gasteiger partial charge in [-0.05, 0) is 31.6 Å². The Balaban J connectivity index is 1.75. The molecule has 3 heterocycles. The first-order valence-corrected chi connectivity index (χ1v) is 10.2. The van der Waals surface area contributed by atoms with E-state index in [-0.39, 0.29) is 18.1 Å². The second-order valence-corrected chi connectivity index (χ2v) is 8.42. The van der Waals surface area contributed by atoms with E-state index in [2.05, 4.69) is 5.32 Å². The predicted octanol–water partition coefficient (Wildman–Crippen LogP) is 0.712. The van der Waals surface area contributed by atoms with Crippen molar-refractivity contribution in [3.63, 3.8) is 0 Å². The maximum atomic E-state index is 13.9. The maximum absolute atomic E-state index is 13.9. The van der Waals surface area contributed by atoms with Crippen LogP contribution < -0.4 is 19.5 Å². The molecule has 0 bridgehead atoms. The van der Waals surface area contributed by atoms with Gasteiger partial charge in [-0.2, -0.15) is 0 Å². The molecule has 32 heavy (non-hydrogen) atoms. The van der Waals surface area contributed by atoms with Crippen molar-refractivity contribution in [2.24, 2.45) is 0 Å². The lowest BCUT2D eigenvalue weighted by molar-refractivity contribution is -0.155. The molecule has 3 amide bonds. The summed E-state index contributed by atoms with van der Waals surface area (Å²) < 4.78 is 28.7. The number of nitrogens with zero attached hydrogens (tertiary/aromatic N) is 2. The average Bonchev–Trinajstić information content (AvgIpc) is 3.35. The smallest absolute Gasteiger partial charge is 0.335 e. The number of fused-ring (bicyclic) bond motifs is 6. The van der Waals surface area contributed by atoms with Crippen LogP contribution in [0.15, 0.2) is 12.1 Å². The van der Waals surface area contributed by atoms with Gasteiger partial charge in [-0.1, -0.05) is 0 Å². The number of urea groups is 1. The quantitative estimate of drug-likeness (QED) is 0.681. The average molecular weight is 447 g/mol. The number of hydrogen-bond acceptors (Lipinski definition) is 8. The van der Waals surface area contributed by atoms with Gasteiger partial charge in [0, 0.05) is 19.7 Å². The van der Waals surface area contributed by atoms with Crippen LogP contribution in [0.1, 0.15) is 29.8 Å². The molecule has 11 heteroatoms. The van der Waals surface area contributed by atoms with Gasteiger partial charge in [0.15, 0.2) is 17.3 Å². The number of aliphatic hydroxyl groups excluding tert-OH is 1. The Morgan fingerprint density at radius 1 is 1.31 bits per heavy atom. The Morgan fingerprint density at radius 2 is 2.03 bits per heavy atom. The lowest BCUT2D eigenvalue weighted by atomic mass is 9.78. The molecule has 1 saturated heterocycles. The summed E-state index contributed by atoms with van der Waals surface area (Å²) in [6, 6.07) is 0.460. The molecule has 1 aromatic carbocycles. The molecule has 11 nitrogen and oxygen atoms in total. The third-order valence-corrected chi connectivity index (χ3v) is 6.13. The van der Waals surface area contributed by atoms with Crippen LogP contribution in [-0.2, 0) is 9.47 Å². The number of methoxy groups -OCH3 is 1. The minimum Gasteiger partial charge on any atom is -0.492 e. The van der Waals surface area contributed by atoms with Crippen LogP contribution in [0.5, 0.6) is 17.2 Å². The van der Waals surface area contributed by atoms with E-state index in [4.69, 9.17) is 23.7 Å². The number of benzene rings is 1. The van der Waals surface area contributed by atoms with Crippen LogP contribution in [-0.4, -0.2) is 85.2 Å². The third-order valence-electron chi connectivity index (χ3n) is 6.13. The number of hydrogen-bond donors (Lipinski definition) is 2. The Morgan fingerprint density at radius 3 is 2.72 bits per heavy atom. The van der Waals surface area contributed by atoms with Crippen molar-refractivity contribution < 1.29 is 38.4 Å². The topological polar surface area (TPSA) is 119 Å². The van der Waals surface area contributed by atoms with E-state index in [1.165, 1.54) is 31.2 Å². The Kier molecular flexibility index (Phi) is 4.56. The molecule has 1 fully saturated rings. The molecular weight excluding hydrogens is 422 g/mol. The lowest BCUT2D eigenvalue weighted by Gasteiger charge is -2.47. The number of carbonyl (C=O) groups excluding carboxylic acids is 2. The Labute approximate surface area is 184 Å². The zero-order valence-corrected chi connectivity index (χ0v) is 18.4. The minimum atomic E-state index is -0.988. The van der Waals surface area contributed by atoms with Gasteiger partial charge in [-0.15, -0.1) is 0 Å². The number of carbonyl (C=O) groups is 2. The first-order valence-electron chi connectivity index (χ1n) is 10.2. The fourth-order valence-corrected chi connectivity index (χ4v) is 4.87. The highest BCUT2D eigenvalue weighted by molar-refractivity contribution is 6.08. The molecule has 2 N–H and O–H groups in total. The van der Waals surface area contributed by atoms with E-state index in [9.17, 15) is 14.7 Å². The Bertz CT molecular complexity index is 1040. The van der Waals surface area contributed by atoms with Crippen molar-refractivity contribution in [1.29, 1.82) is 0 Å². The van der Waals surface area contributed by atoms with E-state index in [1.807, 2.05) is 0 Å². The molecule has 0 radical (unpaired) electrons. The highest BCUT2D eigenvalue weighted by atomic mass is 16.8. The fourth-order valence-electron chi connectivity index (χ4n) is 4.87. The van der Waals surface area contributed by atoms with Gasteiger partial charge in [-0.3, -0.25) is 4.79 Å². The largest absolute Gasteiger partial charge is 0.492 e. The molecule has 0 spiro atoms. The monoisotopic (exact) mass is 447 g/mol. The van der Waals surface area contributed by atoms with Gasteiger partial charge in [0.25, 0.3) is 5.91 Å². The highest BCUT2D eigenvalue weighted by Crippen LogP contribution is 2.52. The van der Waals surface area contributed by atoms with Crippen molar-refractivity contribution in [3.8, 4) is 17.2 Å². The zero-order valence-electron chi connectivity index (χ0n) is 18.4. The first-order chi connectivity index (χ1) is 15.2. The molecular formula is C21H25N3O8. The molecule has 4 atom stereocenters. The van der Waals surface area contributed by atoms with Crippen LogP contribution in [0, 0.1) is 0 Å². The summed E-state index contributed by atoms with van der Waals surface area (Å²) in [6.45, 7) is 3.47. The van der Waals surface area contributed by atoms with Gasteiger partial charge in [0.05, 0.1) is 12.7 Å². The second-order valence-electron chi connectivity index (χ2n) is 8.42. The van der Waals surface area contributed by atoms with Crippen LogP contribution in [0.4, 0.5) is 4.79 Å². The summed E-state index contributed by atoms with van der Waals surface area (Å²) >= 11 is 0. The second kappa shape index (κ2) is 6.99. The van der Waals surface area contributed by atoms with E-state index < -0.39 is 42.1 Å². The van der Waals surface area contributed by atoms with Crippen LogP contribution in [0.3, 0.4) is 0 Å². The van der Waals surface area contributed by atoms with Crippen molar-refractivity contribution in [2.75, 3.05) is 28.0 Å². The maximum Gasteiger partial charge on any atom is 0.335 e. The standard InChI is InChI=1S/C21H25N3O8/c1-21(2)31-15-11(25)6-10-9-7-12-16(30-8-29-12)17(28-5)13(9)19(26)24(14(10)18(15)32-21)23(4)20(27)22-3/h6-7,11,14-15,18,25H,8H2,1-5H3,(H,22,27)/t11-,14+,15+,18-/m1/s1. The number of rotatable bonds is 2. The number of nitrogens with one attached hydrogen (secondary N) is 1. The molecule has 172 valence electrons. The van der Waals surface area contributed by atoms with Crippen molar-refractivity contribution in [3.05, 3.63) is 23.3 Å². The van der Waals surface area contributed by atoms with E-state index in [0.717, 1.165) is 0 Å². The van der Waals surface area contributed by atoms with Crippen molar-refractivity contribution in [2.45, 2.75) is 44.0 Å². The summed E-state index contributed by atoms with van der Waals surface area (Å²) in [4.78, 5) is 26.5.